The van der Waals surface area contributed by atoms with Crippen LogP contribution in [0, 0.1) is 11.3 Å². The molecule has 0 aromatic heterocycles. The summed E-state index contributed by atoms with van der Waals surface area (Å²) in [5, 5.41) is 0. The maximum Gasteiger partial charge on any atom is 0.138 e. The highest BCUT2D eigenvalue weighted by atomic mass is 16.1. The normalized spacial score (nSPS) is 11.8. The van der Waals surface area contributed by atoms with Crippen molar-refractivity contribution in [3.8, 4) is 0 Å². The van der Waals surface area contributed by atoms with Gasteiger partial charge >= 0.3 is 0 Å². The zero-order valence-corrected chi connectivity index (χ0v) is 10.1. The second-order valence-corrected chi connectivity index (χ2v) is 5.07. The lowest BCUT2D eigenvalue weighted by molar-refractivity contribution is -0.127. The standard InChI is InChI=1S/C13H24O/c1-6-7-10-13(4,5)12(14)9-8-11(2)3/h6,11H,1,7-10H2,2-5H3. The quantitative estimate of drug-likeness (QED) is 0.563. The predicted molar refractivity (Wildman–Crippen MR) is 62.3 cm³/mol. The highest BCUT2D eigenvalue weighted by Crippen LogP contribution is 2.26. The number of allylic oxidation sites excluding steroid dienone is 1. The molecule has 0 saturated heterocycles. The number of hydrogen-bond acceptors (Lipinski definition) is 1. The highest BCUT2D eigenvalue weighted by Gasteiger charge is 2.25. The summed E-state index contributed by atoms with van der Waals surface area (Å²) in [5.41, 5.74) is -0.164. The van der Waals surface area contributed by atoms with E-state index in [1.54, 1.807) is 0 Å². The van der Waals surface area contributed by atoms with Crippen molar-refractivity contribution in [1.82, 2.24) is 0 Å². The number of hydrogen-bond donors (Lipinski definition) is 0. The molecule has 0 radical (unpaired) electrons. The van der Waals surface area contributed by atoms with Crippen LogP contribution >= 0.6 is 0 Å². The zero-order valence-electron chi connectivity index (χ0n) is 10.1. The fourth-order valence-corrected chi connectivity index (χ4v) is 1.36. The SMILES string of the molecule is C=CCCC(C)(C)C(=O)CCC(C)C. The van der Waals surface area contributed by atoms with Crippen LogP contribution in [0.2, 0.25) is 0 Å². The van der Waals surface area contributed by atoms with Crippen LogP contribution in [0.1, 0.15) is 53.4 Å². The molecule has 0 amide bonds. The lowest BCUT2D eigenvalue weighted by Crippen LogP contribution is -2.24. The van der Waals surface area contributed by atoms with Gasteiger partial charge in [-0.25, -0.2) is 0 Å². The first-order chi connectivity index (χ1) is 6.40. The Morgan fingerprint density at radius 2 is 2.00 bits per heavy atom. The van der Waals surface area contributed by atoms with Gasteiger partial charge < -0.3 is 0 Å². The number of carbonyl (C=O) groups is 1. The molecular formula is C13H24O. The molecule has 14 heavy (non-hydrogen) atoms. The molecule has 0 atom stereocenters. The van der Waals surface area contributed by atoms with Crippen molar-refractivity contribution in [3.63, 3.8) is 0 Å². The van der Waals surface area contributed by atoms with E-state index >= 15 is 0 Å². The van der Waals surface area contributed by atoms with Crippen LogP contribution < -0.4 is 0 Å². The molecule has 1 nitrogen and oxygen atoms in total. The highest BCUT2D eigenvalue weighted by molar-refractivity contribution is 5.83. The molecule has 82 valence electrons. The van der Waals surface area contributed by atoms with Crippen LogP contribution in [0.5, 0.6) is 0 Å². The lowest BCUT2D eigenvalue weighted by Gasteiger charge is -2.22. The van der Waals surface area contributed by atoms with Crippen LogP contribution in [-0.4, -0.2) is 5.78 Å². The van der Waals surface area contributed by atoms with Crippen LogP contribution in [0.25, 0.3) is 0 Å². The molecule has 0 aromatic rings. The summed E-state index contributed by atoms with van der Waals surface area (Å²) in [6.45, 7) is 12.1. The van der Waals surface area contributed by atoms with Crippen molar-refractivity contribution < 1.29 is 4.79 Å². The Labute approximate surface area is 88.6 Å². The van der Waals surface area contributed by atoms with Crippen LogP contribution in [0.15, 0.2) is 12.7 Å². The number of rotatable bonds is 7. The first-order valence-corrected chi connectivity index (χ1v) is 5.54. The molecule has 0 rings (SSSR count). The van der Waals surface area contributed by atoms with Gasteiger partial charge in [0.2, 0.25) is 0 Å². The molecule has 0 aliphatic rings. The largest absolute Gasteiger partial charge is 0.299 e. The molecule has 0 fully saturated rings. The number of ketones is 1. The Kier molecular flexibility index (Phi) is 5.75. The molecule has 0 aromatic carbocycles. The van der Waals surface area contributed by atoms with Gasteiger partial charge in [0.25, 0.3) is 0 Å². The van der Waals surface area contributed by atoms with Crippen molar-refractivity contribution in [3.05, 3.63) is 12.7 Å². The lowest BCUT2D eigenvalue weighted by atomic mass is 9.81. The van der Waals surface area contributed by atoms with Crippen molar-refractivity contribution in [1.29, 1.82) is 0 Å². The van der Waals surface area contributed by atoms with E-state index in [0.29, 0.717) is 11.7 Å². The molecule has 0 spiro atoms. The molecule has 0 heterocycles. The van der Waals surface area contributed by atoms with Gasteiger partial charge in [-0.1, -0.05) is 33.8 Å². The third-order valence-electron chi connectivity index (χ3n) is 2.68. The van der Waals surface area contributed by atoms with E-state index < -0.39 is 0 Å². The molecule has 0 saturated carbocycles. The van der Waals surface area contributed by atoms with E-state index in [2.05, 4.69) is 20.4 Å². The van der Waals surface area contributed by atoms with Crippen molar-refractivity contribution in [2.24, 2.45) is 11.3 Å². The predicted octanol–water partition coefficient (Wildman–Crippen LogP) is 3.98. The van der Waals surface area contributed by atoms with Crippen molar-refractivity contribution in [2.45, 2.75) is 53.4 Å². The van der Waals surface area contributed by atoms with E-state index in [1.165, 1.54) is 0 Å². The Balaban J connectivity index is 4.00. The van der Waals surface area contributed by atoms with Crippen LogP contribution in [0.3, 0.4) is 0 Å². The minimum absolute atomic E-state index is 0.164. The summed E-state index contributed by atoms with van der Waals surface area (Å²) in [6, 6.07) is 0. The maximum atomic E-state index is 11.8. The monoisotopic (exact) mass is 196 g/mol. The first kappa shape index (κ1) is 13.4. The van der Waals surface area contributed by atoms with E-state index in [4.69, 9.17) is 0 Å². The zero-order chi connectivity index (χ0) is 11.2. The molecule has 0 unspecified atom stereocenters. The Bertz CT molecular complexity index is 189. The van der Waals surface area contributed by atoms with E-state index in [9.17, 15) is 4.79 Å². The molecule has 0 aliphatic carbocycles. The summed E-state index contributed by atoms with van der Waals surface area (Å²) in [6.07, 6.45) is 5.48. The average Bonchev–Trinajstić information content (AvgIpc) is 2.10. The summed E-state index contributed by atoms with van der Waals surface area (Å²) in [5.74, 6) is 1.02. The molecule has 0 N–H and O–H groups in total. The second-order valence-electron chi connectivity index (χ2n) is 5.07. The van der Waals surface area contributed by atoms with Crippen LogP contribution in [-0.2, 0) is 4.79 Å². The summed E-state index contributed by atoms with van der Waals surface area (Å²) in [4.78, 5) is 11.8. The van der Waals surface area contributed by atoms with Gasteiger partial charge in [-0.3, -0.25) is 4.79 Å². The van der Waals surface area contributed by atoms with Gasteiger partial charge in [-0.15, -0.1) is 6.58 Å². The third-order valence-corrected chi connectivity index (χ3v) is 2.68. The number of Topliss-reactive ketones (excluding diaryl/α,β-unsaturated/α-hetero) is 1. The van der Waals surface area contributed by atoms with Gasteiger partial charge in [-0.05, 0) is 25.2 Å². The first-order valence-electron chi connectivity index (χ1n) is 5.54. The van der Waals surface area contributed by atoms with E-state index in [0.717, 1.165) is 25.7 Å². The minimum Gasteiger partial charge on any atom is -0.299 e. The Hall–Kier alpha value is -0.590. The fraction of sp³-hybridized carbons (Fsp3) is 0.769. The summed E-state index contributed by atoms with van der Waals surface area (Å²) in [7, 11) is 0. The topological polar surface area (TPSA) is 17.1 Å². The summed E-state index contributed by atoms with van der Waals surface area (Å²) < 4.78 is 0. The Morgan fingerprint density at radius 1 is 1.43 bits per heavy atom. The summed E-state index contributed by atoms with van der Waals surface area (Å²) >= 11 is 0. The van der Waals surface area contributed by atoms with E-state index in [-0.39, 0.29) is 5.41 Å². The molecule has 1 heteroatoms. The number of carbonyl (C=O) groups excluding carboxylic acids is 1. The van der Waals surface area contributed by atoms with E-state index in [1.807, 2.05) is 19.9 Å². The minimum atomic E-state index is -0.164. The van der Waals surface area contributed by atoms with Crippen molar-refractivity contribution >= 4 is 5.78 Å². The molecular weight excluding hydrogens is 172 g/mol. The average molecular weight is 196 g/mol. The van der Waals surface area contributed by atoms with Crippen molar-refractivity contribution in [2.75, 3.05) is 0 Å². The van der Waals surface area contributed by atoms with Gasteiger partial charge in [0.1, 0.15) is 5.78 Å². The fourth-order valence-electron chi connectivity index (χ4n) is 1.36. The second kappa shape index (κ2) is 6.00. The van der Waals surface area contributed by atoms with Gasteiger partial charge in [0.05, 0.1) is 0 Å². The van der Waals surface area contributed by atoms with Crippen LogP contribution in [0.4, 0.5) is 0 Å². The van der Waals surface area contributed by atoms with Gasteiger partial charge in [0, 0.05) is 11.8 Å². The molecule has 0 bridgehead atoms. The smallest absolute Gasteiger partial charge is 0.138 e. The third kappa shape index (κ3) is 5.21. The van der Waals surface area contributed by atoms with Gasteiger partial charge in [0.15, 0.2) is 0 Å². The maximum absolute atomic E-state index is 11.8. The Morgan fingerprint density at radius 3 is 2.43 bits per heavy atom. The van der Waals surface area contributed by atoms with Gasteiger partial charge in [-0.2, -0.15) is 0 Å². The molecule has 0 aliphatic heterocycles.